The predicted octanol–water partition coefficient (Wildman–Crippen LogP) is 4.35. The second-order valence-corrected chi connectivity index (χ2v) is 7.28. The summed E-state index contributed by atoms with van der Waals surface area (Å²) in [5.41, 5.74) is 3.26. The molecule has 2 aliphatic rings. The minimum atomic E-state index is 0. The van der Waals surface area contributed by atoms with Crippen LogP contribution in [-0.2, 0) is 6.54 Å². The smallest absolute Gasteiger partial charge is 0.122 e. The molecule has 0 radical (unpaired) electrons. The summed E-state index contributed by atoms with van der Waals surface area (Å²) < 4.78 is 7.02. The summed E-state index contributed by atoms with van der Waals surface area (Å²) in [7, 11) is 0. The summed E-state index contributed by atoms with van der Waals surface area (Å²) >= 11 is 3.48. The van der Waals surface area contributed by atoms with Crippen molar-refractivity contribution in [2.45, 2.75) is 12.5 Å². The van der Waals surface area contributed by atoms with E-state index in [1.54, 1.807) is 0 Å². The number of halogens is 2. The Labute approximate surface area is 156 Å². The third-order valence-electron chi connectivity index (χ3n) is 4.83. The fourth-order valence-electron chi connectivity index (χ4n) is 3.69. The first-order chi connectivity index (χ1) is 11.2. The van der Waals surface area contributed by atoms with Crippen LogP contribution in [0.1, 0.15) is 22.6 Å². The Morgan fingerprint density at radius 1 is 1.17 bits per heavy atom. The van der Waals surface area contributed by atoms with Crippen LogP contribution in [0.25, 0.3) is 0 Å². The van der Waals surface area contributed by atoms with Crippen molar-refractivity contribution in [3.63, 3.8) is 0 Å². The molecule has 0 N–H and O–H groups in total. The number of benzene rings is 2. The van der Waals surface area contributed by atoms with Crippen molar-refractivity contribution in [2.24, 2.45) is 5.92 Å². The Morgan fingerprint density at radius 2 is 1.96 bits per heavy atom. The minimum absolute atomic E-state index is 0. The van der Waals surface area contributed by atoms with Crippen molar-refractivity contribution < 1.29 is 4.74 Å². The van der Waals surface area contributed by atoms with Crippen LogP contribution < -0.4 is 4.74 Å². The van der Waals surface area contributed by atoms with Crippen LogP contribution in [0.5, 0.6) is 5.75 Å². The van der Waals surface area contributed by atoms with E-state index in [1.807, 2.05) is 18.2 Å². The average Bonchev–Trinajstić information content (AvgIpc) is 2.99. The molecule has 0 aromatic heterocycles. The van der Waals surface area contributed by atoms with E-state index < -0.39 is 0 Å². The van der Waals surface area contributed by atoms with Gasteiger partial charge >= 0.3 is 0 Å². The SMILES string of the molecule is Cl.N#Cc1ccc2c(c1)[C@@H]1CN(Cc3ccc(Br)cc3)C[C@H]1CO2. The number of ether oxygens (including phenoxy) is 1. The zero-order valence-corrected chi connectivity index (χ0v) is 15.5. The fourth-order valence-corrected chi connectivity index (χ4v) is 3.96. The van der Waals surface area contributed by atoms with Crippen LogP contribution in [0.2, 0.25) is 0 Å². The molecule has 1 saturated heterocycles. The van der Waals surface area contributed by atoms with E-state index in [9.17, 15) is 0 Å². The van der Waals surface area contributed by atoms with Crippen molar-refractivity contribution in [3.8, 4) is 11.8 Å². The Balaban J connectivity index is 0.00000169. The number of nitrogens with zero attached hydrogens (tertiary/aromatic N) is 2. The molecule has 0 spiro atoms. The van der Waals surface area contributed by atoms with E-state index in [4.69, 9.17) is 10.00 Å². The van der Waals surface area contributed by atoms with Gasteiger partial charge in [-0.05, 0) is 35.9 Å². The molecule has 24 heavy (non-hydrogen) atoms. The van der Waals surface area contributed by atoms with Gasteiger partial charge in [0.05, 0.1) is 18.2 Å². The van der Waals surface area contributed by atoms with Gasteiger partial charge in [-0.3, -0.25) is 4.90 Å². The Hall–Kier alpha value is -1.54. The maximum absolute atomic E-state index is 9.14. The van der Waals surface area contributed by atoms with Gasteiger partial charge in [-0.25, -0.2) is 0 Å². The molecule has 2 aromatic carbocycles. The number of nitriles is 1. The second kappa shape index (κ2) is 7.14. The summed E-state index contributed by atoms with van der Waals surface area (Å²) in [6, 6.07) is 16.6. The molecule has 0 aliphatic carbocycles. The molecule has 5 heteroatoms. The van der Waals surface area contributed by atoms with Crippen molar-refractivity contribution in [1.29, 1.82) is 5.26 Å². The van der Waals surface area contributed by atoms with Crippen LogP contribution in [-0.4, -0.2) is 24.6 Å². The third-order valence-corrected chi connectivity index (χ3v) is 5.36. The molecule has 4 rings (SSSR count). The molecule has 0 bridgehead atoms. The fraction of sp³-hybridized carbons (Fsp3) is 0.316. The normalized spacial score (nSPS) is 21.8. The number of hydrogen-bond donors (Lipinski definition) is 0. The lowest BCUT2D eigenvalue weighted by atomic mass is 9.86. The van der Waals surface area contributed by atoms with Gasteiger partial charge in [0.1, 0.15) is 5.75 Å². The van der Waals surface area contributed by atoms with E-state index in [0.717, 1.165) is 42.0 Å². The molecule has 2 heterocycles. The number of hydrogen-bond acceptors (Lipinski definition) is 3. The van der Waals surface area contributed by atoms with E-state index in [1.165, 1.54) is 11.1 Å². The molecule has 2 aliphatic heterocycles. The number of rotatable bonds is 2. The van der Waals surface area contributed by atoms with Crippen LogP contribution in [0, 0.1) is 17.2 Å². The highest BCUT2D eigenvalue weighted by Crippen LogP contribution is 2.42. The van der Waals surface area contributed by atoms with Gasteiger partial charge in [-0.15, -0.1) is 12.4 Å². The molecule has 2 atom stereocenters. The molecule has 124 valence electrons. The average molecular weight is 406 g/mol. The molecular weight excluding hydrogens is 388 g/mol. The van der Waals surface area contributed by atoms with Gasteiger partial charge in [-0.1, -0.05) is 28.1 Å². The zero-order valence-electron chi connectivity index (χ0n) is 13.1. The van der Waals surface area contributed by atoms with Gasteiger partial charge in [0.15, 0.2) is 0 Å². The summed E-state index contributed by atoms with van der Waals surface area (Å²) in [6.07, 6.45) is 0. The lowest BCUT2D eigenvalue weighted by molar-refractivity contribution is 0.212. The van der Waals surface area contributed by atoms with Crippen molar-refractivity contribution in [1.82, 2.24) is 4.90 Å². The summed E-state index contributed by atoms with van der Waals surface area (Å²) in [6.45, 7) is 3.83. The van der Waals surface area contributed by atoms with Gasteiger partial charge < -0.3 is 4.74 Å². The maximum atomic E-state index is 9.14. The molecule has 0 unspecified atom stereocenters. The highest BCUT2D eigenvalue weighted by Gasteiger charge is 2.38. The first kappa shape index (κ1) is 17.3. The van der Waals surface area contributed by atoms with Crippen LogP contribution in [0.3, 0.4) is 0 Å². The van der Waals surface area contributed by atoms with Gasteiger partial charge in [0, 0.05) is 41.5 Å². The molecule has 1 fully saturated rings. The molecule has 2 aromatic rings. The van der Waals surface area contributed by atoms with Crippen LogP contribution in [0.4, 0.5) is 0 Å². The van der Waals surface area contributed by atoms with E-state index in [0.29, 0.717) is 11.8 Å². The summed E-state index contributed by atoms with van der Waals surface area (Å²) in [5, 5.41) is 9.14. The molecule has 0 saturated carbocycles. The van der Waals surface area contributed by atoms with E-state index in [2.05, 4.69) is 51.2 Å². The molecular formula is C19H18BrClN2O. The first-order valence-electron chi connectivity index (χ1n) is 7.86. The highest BCUT2D eigenvalue weighted by molar-refractivity contribution is 9.10. The van der Waals surface area contributed by atoms with E-state index >= 15 is 0 Å². The van der Waals surface area contributed by atoms with Gasteiger partial charge in [-0.2, -0.15) is 5.26 Å². The lowest BCUT2D eigenvalue weighted by Crippen LogP contribution is -2.25. The Bertz CT molecular complexity index is 772. The van der Waals surface area contributed by atoms with Crippen LogP contribution in [0.15, 0.2) is 46.9 Å². The topological polar surface area (TPSA) is 36.3 Å². The van der Waals surface area contributed by atoms with Crippen molar-refractivity contribution in [3.05, 3.63) is 63.6 Å². The monoisotopic (exact) mass is 404 g/mol. The van der Waals surface area contributed by atoms with Crippen LogP contribution >= 0.6 is 28.3 Å². The minimum Gasteiger partial charge on any atom is -0.493 e. The summed E-state index contributed by atoms with van der Waals surface area (Å²) in [5.74, 6) is 1.95. The van der Waals surface area contributed by atoms with Crippen molar-refractivity contribution in [2.75, 3.05) is 19.7 Å². The largest absolute Gasteiger partial charge is 0.493 e. The second-order valence-electron chi connectivity index (χ2n) is 6.36. The third kappa shape index (κ3) is 3.30. The predicted molar refractivity (Wildman–Crippen MR) is 99.6 cm³/mol. The lowest BCUT2D eigenvalue weighted by Gasteiger charge is -2.27. The molecule has 0 amide bonds. The van der Waals surface area contributed by atoms with Crippen molar-refractivity contribution >= 4 is 28.3 Å². The number of likely N-dealkylation sites (tertiary alicyclic amines) is 1. The maximum Gasteiger partial charge on any atom is 0.122 e. The number of fused-ring (bicyclic) bond motifs is 3. The molecule has 3 nitrogen and oxygen atoms in total. The first-order valence-corrected chi connectivity index (χ1v) is 8.66. The zero-order chi connectivity index (χ0) is 15.8. The highest BCUT2D eigenvalue weighted by atomic mass is 79.9. The Morgan fingerprint density at radius 3 is 2.71 bits per heavy atom. The van der Waals surface area contributed by atoms with Gasteiger partial charge in [0.25, 0.3) is 0 Å². The summed E-state index contributed by atoms with van der Waals surface area (Å²) in [4.78, 5) is 2.50. The standard InChI is InChI=1S/C19H17BrN2O.ClH/c20-16-4-1-13(2-5-16)9-22-10-15-12-23-19-6-3-14(8-21)7-17(19)18(15)11-22;/h1-7,15,18H,9-12H2;1H/t15-,18+;/m0./s1. The van der Waals surface area contributed by atoms with Gasteiger partial charge in [0.2, 0.25) is 0 Å². The quantitative estimate of drug-likeness (QED) is 0.745. The van der Waals surface area contributed by atoms with E-state index in [-0.39, 0.29) is 12.4 Å². The Kier molecular flexibility index (Phi) is 5.15.